The van der Waals surface area contributed by atoms with Crippen molar-refractivity contribution in [3.8, 4) is 0 Å². The molecule has 0 aromatic heterocycles. The zero-order valence-corrected chi connectivity index (χ0v) is 28.3. The van der Waals surface area contributed by atoms with Crippen molar-refractivity contribution in [1.29, 1.82) is 0 Å². The van der Waals surface area contributed by atoms with Crippen LogP contribution in [-0.2, 0) is 44.9 Å². The Balaban J connectivity index is 1.25. The van der Waals surface area contributed by atoms with Crippen molar-refractivity contribution < 1.29 is 19.2 Å². The van der Waals surface area contributed by atoms with E-state index in [-0.39, 0.29) is 11.8 Å². The molecule has 50 heavy (non-hydrogen) atoms. The first-order chi connectivity index (χ1) is 24.3. The highest BCUT2D eigenvalue weighted by atomic mass is 16.2. The van der Waals surface area contributed by atoms with Crippen molar-refractivity contribution in [2.45, 2.75) is 62.7 Å². The van der Waals surface area contributed by atoms with Gasteiger partial charge in [-0.2, -0.15) is 0 Å². The highest BCUT2D eigenvalue weighted by Gasteiger charge is 2.26. The van der Waals surface area contributed by atoms with Gasteiger partial charge in [0.2, 0.25) is 23.6 Å². The summed E-state index contributed by atoms with van der Waals surface area (Å²) in [5.74, 6) is -1.41. The highest BCUT2D eigenvalue weighted by molar-refractivity contribution is 5.90. The molecule has 0 radical (unpaired) electrons. The zero-order chi connectivity index (χ0) is 35.6. The lowest BCUT2D eigenvalue weighted by Gasteiger charge is -2.22. The second-order valence-corrected chi connectivity index (χ2v) is 12.4. The molecule has 0 aliphatic carbocycles. The Morgan fingerprint density at radius 2 is 0.700 bits per heavy atom. The molecule has 0 heterocycles. The van der Waals surface area contributed by atoms with E-state index >= 15 is 0 Å². The molecule has 262 valence electrons. The monoisotopic (exact) mass is 676 g/mol. The molecular formula is C40H48N6O4. The molecule has 0 saturated heterocycles. The quantitative estimate of drug-likeness (QED) is 0.0835. The molecule has 0 saturated carbocycles. The van der Waals surface area contributed by atoms with Crippen LogP contribution in [-0.4, -0.2) is 60.9 Å². The van der Waals surface area contributed by atoms with Crippen LogP contribution in [0.25, 0.3) is 0 Å². The van der Waals surface area contributed by atoms with Crippen LogP contribution in [0.4, 0.5) is 0 Å². The summed E-state index contributed by atoms with van der Waals surface area (Å²) in [6.45, 7) is 0.703. The normalized spacial score (nSPS) is 13.2. The van der Waals surface area contributed by atoms with Crippen molar-refractivity contribution in [2.75, 3.05) is 13.1 Å². The molecule has 10 nitrogen and oxygen atoms in total. The maximum Gasteiger partial charge on any atom is 0.242 e. The summed E-state index contributed by atoms with van der Waals surface area (Å²) < 4.78 is 0. The Bertz CT molecular complexity index is 1500. The molecule has 8 N–H and O–H groups in total. The van der Waals surface area contributed by atoms with Crippen LogP contribution in [0.15, 0.2) is 121 Å². The van der Waals surface area contributed by atoms with Crippen LogP contribution in [0.3, 0.4) is 0 Å². The molecular weight excluding hydrogens is 628 g/mol. The fourth-order valence-electron chi connectivity index (χ4n) is 5.52. The van der Waals surface area contributed by atoms with E-state index in [4.69, 9.17) is 11.5 Å². The van der Waals surface area contributed by atoms with Crippen LogP contribution in [0, 0.1) is 0 Å². The van der Waals surface area contributed by atoms with Gasteiger partial charge in [-0.05, 0) is 47.9 Å². The molecule has 4 aromatic carbocycles. The third-order valence-corrected chi connectivity index (χ3v) is 8.30. The fraction of sp³-hybridized carbons (Fsp3) is 0.300. The van der Waals surface area contributed by atoms with Crippen LogP contribution < -0.4 is 32.7 Å². The summed E-state index contributed by atoms with van der Waals surface area (Å²) >= 11 is 0. The van der Waals surface area contributed by atoms with Crippen LogP contribution in [0.1, 0.15) is 35.1 Å². The summed E-state index contributed by atoms with van der Waals surface area (Å²) in [4.78, 5) is 52.5. The van der Waals surface area contributed by atoms with Gasteiger partial charge in [-0.1, -0.05) is 121 Å². The van der Waals surface area contributed by atoms with Gasteiger partial charge in [0.15, 0.2) is 0 Å². The molecule has 4 atom stereocenters. The molecule has 4 amide bonds. The second-order valence-electron chi connectivity index (χ2n) is 12.4. The molecule has 0 aliphatic heterocycles. The molecule has 0 unspecified atom stereocenters. The molecule has 4 rings (SSSR count). The lowest BCUT2D eigenvalue weighted by Crippen LogP contribution is -2.53. The highest BCUT2D eigenvalue weighted by Crippen LogP contribution is 2.08. The van der Waals surface area contributed by atoms with Gasteiger partial charge in [0.05, 0.1) is 12.1 Å². The van der Waals surface area contributed by atoms with E-state index in [1.807, 2.05) is 121 Å². The van der Waals surface area contributed by atoms with Gasteiger partial charge in [-0.25, -0.2) is 0 Å². The third-order valence-electron chi connectivity index (χ3n) is 8.30. The molecule has 4 aromatic rings. The van der Waals surface area contributed by atoms with E-state index in [0.29, 0.717) is 51.6 Å². The van der Waals surface area contributed by atoms with Gasteiger partial charge in [0, 0.05) is 25.9 Å². The van der Waals surface area contributed by atoms with Crippen molar-refractivity contribution >= 4 is 23.6 Å². The minimum atomic E-state index is -0.804. The number of benzene rings is 4. The molecule has 0 bridgehead atoms. The number of hydrogen-bond donors (Lipinski definition) is 6. The standard InChI is InChI=1S/C40H48N6O4/c41-33(25-29-15-5-1-6-16-29)37(47)45-35(27-31-19-9-3-10-20-31)39(49)43-23-13-14-24-44-40(50)36(28-32-21-11-4-12-22-32)46-38(48)34(42)26-30-17-7-2-8-18-30/h1-12,15-22,33-36H,13-14,23-28,41-42H2,(H,43,49)(H,44,50)(H,45,47)(H,46,48)/t33-,34-,35+,36+/m0/s1. The zero-order valence-electron chi connectivity index (χ0n) is 28.3. The minimum Gasteiger partial charge on any atom is -0.354 e. The maximum atomic E-state index is 13.3. The van der Waals surface area contributed by atoms with E-state index in [9.17, 15) is 19.2 Å². The Labute approximate surface area is 294 Å². The first kappa shape index (κ1) is 37.5. The van der Waals surface area contributed by atoms with Crippen molar-refractivity contribution in [2.24, 2.45) is 11.5 Å². The van der Waals surface area contributed by atoms with Crippen molar-refractivity contribution in [3.05, 3.63) is 144 Å². The van der Waals surface area contributed by atoms with Crippen LogP contribution in [0.2, 0.25) is 0 Å². The molecule has 10 heteroatoms. The first-order valence-corrected chi connectivity index (χ1v) is 17.1. The van der Waals surface area contributed by atoms with Crippen LogP contribution in [0.5, 0.6) is 0 Å². The SMILES string of the molecule is N[C@@H](Cc1ccccc1)C(=O)N[C@H](Cc1ccccc1)C(=O)NCCCCNC(=O)[C@@H](Cc1ccccc1)NC(=O)[C@@H](N)Cc1ccccc1. The van der Waals surface area contributed by atoms with Gasteiger partial charge in [-0.3, -0.25) is 19.2 Å². The van der Waals surface area contributed by atoms with Gasteiger partial charge < -0.3 is 32.7 Å². The molecule has 0 spiro atoms. The number of nitrogens with two attached hydrogens (primary N) is 2. The number of nitrogens with one attached hydrogen (secondary N) is 4. The number of unbranched alkanes of at least 4 members (excludes halogenated alkanes) is 1. The number of carbonyl (C=O) groups is 4. The lowest BCUT2D eigenvalue weighted by molar-refractivity contribution is -0.129. The summed E-state index contributed by atoms with van der Waals surface area (Å²) in [5.41, 5.74) is 16.1. The largest absolute Gasteiger partial charge is 0.354 e. The fourth-order valence-corrected chi connectivity index (χ4v) is 5.52. The summed E-state index contributed by atoms with van der Waals surface area (Å²) in [6.07, 6.45) is 2.52. The number of amides is 4. The lowest BCUT2D eigenvalue weighted by atomic mass is 10.0. The summed E-state index contributed by atoms with van der Waals surface area (Å²) in [6, 6.07) is 34.7. The maximum absolute atomic E-state index is 13.3. The van der Waals surface area contributed by atoms with E-state index in [1.54, 1.807) is 0 Å². The van der Waals surface area contributed by atoms with E-state index < -0.39 is 36.0 Å². The Hall–Kier alpha value is -5.32. The van der Waals surface area contributed by atoms with Crippen LogP contribution >= 0.6 is 0 Å². The first-order valence-electron chi connectivity index (χ1n) is 17.1. The third kappa shape index (κ3) is 12.9. The van der Waals surface area contributed by atoms with E-state index in [0.717, 1.165) is 22.3 Å². The molecule has 0 aliphatic rings. The van der Waals surface area contributed by atoms with Crippen molar-refractivity contribution in [1.82, 2.24) is 21.3 Å². The summed E-state index contributed by atoms with van der Waals surface area (Å²) in [7, 11) is 0. The predicted molar refractivity (Wildman–Crippen MR) is 196 cm³/mol. The minimum absolute atomic E-state index is 0.310. The Morgan fingerprint density at radius 3 is 1.00 bits per heavy atom. The van der Waals surface area contributed by atoms with Gasteiger partial charge in [0.25, 0.3) is 0 Å². The number of hydrogen-bond acceptors (Lipinski definition) is 6. The number of rotatable bonds is 19. The number of carbonyl (C=O) groups excluding carboxylic acids is 4. The van der Waals surface area contributed by atoms with Gasteiger partial charge in [0.1, 0.15) is 12.1 Å². The molecule has 0 fully saturated rings. The average molecular weight is 677 g/mol. The van der Waals surface area contributed by atoms with Gasteiger partial charge in [-0.15, -0.1) is 0 Å². The Morgan fingerprint density at radius 1 is 0.420 bits per heavy atom. The second kappa shape index (κ2) is 20.3. The topological polar surface area (TPSA) is 168 Å². The van der Waals surface area contributed by atoms with Crippen molar-refractivity contribution in [3.63, 3.8) is 0 Å². The Kier molecular flexibility index (Phi) is 15.2. The van der Waals surface area contributed by atoms with Gasteiger partial charge >= 0.3 is 0 Å². The smallest absolute Gasteiger partial charge is 0.242 e. The predicted octanol–water partition coefficient (Wildman–Crippen LogP) is 2.59. The average Bonchev–Trinajstić information content (AvgIpc) is 3.13. The van der Waals surface area contributed by atoms with E-state index in [1.165, 1.54) is 0 Å². The van der Waals surface area contributed by atoms with E-state index in [2.05, 4.69) is 21.3 Å². The summed E-state index contributed by atoms with van der Waals surface area (Å²) in [5, 5.41) is 11.5.